The average Bonchev–Trinajstić information content (AvgIpc) is 3.42. The van der Waals surface area contributed by atoms with Gasteiger partial charge in [0.1, 0.15) is 16.6 Å². The number of nitrogens with zero attached hydrogens (tertiary/aromatic N) is 4. The van der Waals surface area contributed by atoms with Gasteiger partial charge in [0.15, 0.2) is 5.58 Å². The van der Waals surface area contributed by atoms with Crippen molar-refractivity contribution in [2.75, 3.05) is 4.90 Å². The molecule has 1 atom stereocenters. The number of aromatic nitrogens is 1. The predicted octanol–water partition coefficient (Wildman–Crippen LogP) is 6.55. The molecular weight excluding hydrogens is 560 g/mol. The van der Waals surface area contributed by atoms with E-state index in [1.54, 1.807) is 24.3 Å². The number of halogens is 1. The maximum atomic E-state index is 14.0. The van der Waals surface area contributed by atoms with E-state index in [1.165, 1.54) is 17.0 Å². The molecule has 6 rings (SSSR count). The molecule has 10 nitrogen and oxygen atoms in total. The number of oxazole rings is 1. The van der Waals surface area contributed by atoms with Crippen molar-refractivity contribution in [3.63, 3.8) is 0 Å². The molecule has 1 aliphatic carbocycles. The fraction of sp³-hybridized carbons (Fsp3) is 0.290. The first-order valence-electron chi connectivity index (χ1n) is 13.9. The number of nitro groups is 1. The maximum absolute atomic E-state index is 14.0. The number of hydrogen-bond acceptors (Lipinski definition) is 7. The molecule has 1 saturated carbocycles. The van der Waals surface area contributed by atoms with E-state index >= 15 is 0 Å². The van der Waals surface area contributed by atoms with Gasteiger partial charge in [0.25, 0.3) is 17.5 Å². The van der Waals surface area contributed by atoms with Gasteiger partial charge in [-0.25, -0.2) is 9.88 Å². The molecule has 1 unspecified atom stereocenters. The van der Waals surface area contributed by atoms with Crippen LogP contribution in [0.3, 0.4) is 0 Å². The van der Waals surface area contributed by atoms with Gasteiger partial charge in [-0.1, -0.05) is 49.4 Å². The van der Waals surface area contributed by atoms with Gasteiger partial charge in [-0.15, -0.1) is 0 Å². The zero-order valence-electron chi connectivity index (χ0n) is 22.6. The van der Waals surface area contributed by atoms with Crippen molar-refractivity contribution in [2.45, 2.75) is 57.0 Å². The summed E-state index contributed by atoms with van der Waals surface area (Å²) >= 11 is 5.99. The molecule has 0 radical (unpaired) electrons. The summed E-state index contributed by atoms with van der Waals surface area (Å²) in [6, 6.07) is 16.7. The van der Waals surface area contributed by atoms with Crippen LogP contribution in [0.25, 0.3) is 22.6 Å². The van der Waals surface area contributed by atoms with E-state index in [4.69, 9.17) is 16.0 Å². The lowest BCUT2D eigenvalue weighted by Crippen LogP contribution is -2.50. The Balaban J connectivity index is 1.30. The minimum absolute atomic E-state index is 0.0525. The molecule has 0 N–H and O–H groups in total. The van der Waals surface area contributed by atoms with Crippen molar-refractivity contribution in [3.05, 3.63) is 87.4 Å². The van der Waals surface area contributed by atoms with E-state index in [2.05, 4.69) is 4.98 Å². The second kappa shape index (κ2) is 11.4. The Morgan fingerprint density at radius 3 is 2.40 bits per heavy atom. The summed E-state index contributed by atoms with van der Waals surface area (Å²) < 4.78 is 5.83. The third-order valence-corrected chi connectivity index (χ3v) is 8.29. The normalized spacial score (nSPS) is 17.9. The van der Waals surface area contributed by atoms with E-state index in [9.17, 15) is 24.5 Å². The Labute approximate surface area is 246 Å². The highest BCUT2D eigenvalue weighted by molar-refractivity contribution is 6.32. The molecule has 1 aromatic heterocycles. The summed E-state index contributed by atoms with van der Waals surface area (Å²) in [6.07, 6.45) is 4.97. The van der Waals surface area contributed by atoms with Gasteiger partial charge in [0.05, 0.1) is 17.0 Å². The Bertz CT molecular complexity index is 1660. The fourth-order valence-electron chi connectivity index (χ4n) is 5.89. The Morgan fingerprint density at radius 1 is 1.00 bits per heavy atom. The maximum Gasteiger partial charge on any atom is 0.288 e. The van der Waals surface area contributed by atoms with Gasteiger partial charge >= 0.3 is 0 Å². The number of amides is 3. The average molecular weight is 587 g/mol. The number of anilines is 1. The molecule has 1 aliphatic heterocycles. The summed E-state index contributed by atoms with van der Waals surface area (Å²) in [4.78, 5) is 59.1. The van der Waals surface area contributed by atoms with Gasteiger partial charge in [-0.2, -0.15) is 0 Å². The molecule has 2 fully saturated rings. The van der Waals surface area contributed by atoms with Crippen molar-refractivity contribution in [1.29, 1.82) is 0 Å². The number of nitro benzene ring substituents is 1. The van der Waals surface area contributed by atoms with Gasteiger partial charge in [-0.05, 0) is 61.4 Å². The number of benzene rings is 3. The SMILES string of the molecule is O=C1CC(N(C(=O)c2ccc(Cl)c([N+](=O)[O-])c2)C2CCCCCC2)C(=O)N1c1ccc(-c2nc3ccccc3o2)cc1. The number of imide groups is 1. The highest BCUT2D eigenvalue weighted by atomic mass is 35.5. The minimum Gasteiger partial charge on any atom is -0.436 e. The largest absolute Gasteiger partial charge is 0.436 e. The Morgan fingerprint density at radius 2 is 1.71 bits per heavy atom. The van der Waals surface area contributed by atoms with Gasteiger partial charge < -0.3 is 9.32 Å². The van der Waals surface area contributed by atoms with Crippen LogP contribution in [-0.4, -0.2) is 44.6 Å². The standard InChI is InChI=1S/C31H27ClN4O6/c32-23-16-13-20(17-25(23)36(40)41)30(38)34(21-7-3-1-2-4-8-21)26-18-28(37)35(31(26)39)22-14-11-19(12-15-22)29-33-24-9-5-6-10-27(24)42-29/h5-6,9-17,21,26H,1-4,7-8,18H2. The van der Waals surface area contributed by atoms with Crippen LogP contribution in [-0.2, 0) is 9.59 Å². The minimum atomic E-state index is -1.03. The van der Waals surface area contributed by atoms with Crippen molar-refractivity contribution in [2.24, 2.45) is 0 Å². The summed E-state index contributed by atoms with van der Waals surface area (Å²) in [5.41, 5.74) is 2.10. The van der Waals surface area contributed by atoms with E-state index < -0.39 is 34.4 Å². The van der Waals surface area contributed by atoms with Crippen molar-refractivity contribution in [3.8, 4) is 11.5 Å². The second-order valence-corrected chi connectivity index (χ2v) is 11.0. The lowest BCUT2D eigenvalue weighted by Gasteiger charge is -2.35. The molecule has 2 aliphatic rings. The number of carbonyl (C=O) groups is 3. The second-order valence-electron chi connectivity index (χ2n) is 10.6. The topological polar surface area (TPSA) is 127 Å². The van der Waals surface area contributed by atoms with Crippen molar-refractivity contribution < 1.29 is 23.7 Å². The van der Waals surface area contributed by atoms with Gasteiger partial charge in [0, 0.05) is 23.2 Å². The van der Waals surface area contributed by atoms with E-state index in [1.807, 2.05) is 24.3 Å². The van der Waals surface area contributed by atoms with Crippen LogP contribution in [0.15, 0.2) is 71.1 Å². The van der Waals surface area contributed by atoms with Crippen LogP contribution < -0.4 is 4.90 Å². The molecule has 2 heterocycles. The summed E-state index contributed by atoms with van der Waals surface area (Å²) in [7, 11) is 0. The molecule has 11 heteroatoms. The molecule has 1 saturated heterocycles. The number of rotatable bonds is 6. The monoisotopic (exact) mass is 586 g/mol. The third kappa shape index (κ3) is 5.14. The van der Waals surface area contributed by atoms with Gasteiger partial charge in [0.2, 0.25) is 11.8 Å². The van der Waals surface area contributed by atoms with E-state index in [-0.39, 0.29) is 23.0 Å². The highest BCUT2D eigenvalue weighted by Gasteiger charge is 2.46. The van der Waals surface area contributed by atoms with Crippen molar-refractivity contribution >= 4 is 51.8 Å². The summed E-state index contributed by atoms with van der Waals surface area (Å²) in [5, 5.41) is 11.4. The number of para-hydroxylation sites is 2. The first-order chi connectivity index (χ1) is 20.3. The third-order valence-electron chi connectivity index (χ3n) is 7.97. The number of carbonyl (C=O) groups excluding carboxylic acids is 3. The lowest BCUT2D eigenvalue weighted by atomic mass is 10.0. The molecular formula is C31H27ClN4O6. The van der Waals surface area contributed by atoms with E-state index in [0.29, 0.717) is 35.6 Å². The number of fused-ring (bicyclic) bond motifs is 1. The van der Waals surface area contributed by atoms with Crippen LogP contribution in [0.4, 0.5) is 11.4 Å². The van der Waals surface area contributed by atoms with Crippen LogP contribution in [0.1, 0.15) is 55.3 Å². The molecule has 0 bridgehead atoms. The zero-order chi connectivity index (χ0) is 29.4. The first kappa shape index (κ1) is 27.6. The highest BCUT2D eigenvalue weighted by Crippen LogP contribution is 2.34. The van der Waals surface area contributed by atoms with Crippen LogP contribution in [0.5, 0.6) is 0 Å². The number of hydrogen-bond donors (Lipinski definition) is 0. The Hall–Kier alpha value is -4.57. The fourth-order valence-corrected chi connectivity index (χ4v) is 6.07. The Kier molecular flexibility index (Phi) is 7.47. The van der Waals surface area contributed by atoms with Crippen LogP contribution in [0.2, 0.25) is 5.02 Å². The summed E-state index contributed by atoms with van der Waals surface area (Å²) in [6.45, 7) is 0. The van der Waals surface area contributed by atoms with Gasteiger partial charge in [-0.3, -0.25) is 24.5 Å². The molecule has 0 spiro atoms. The zero-order valence-corrected chi connectivity index (χ0v) is 23.3. The predicted molar refractivity (Wildman–Crippen MR) is 156 cm³/mol. The molecule has 42 heavy (non-hydrogen) atoms. The molecule has 4 aromatic rings. The van der Waals surface area contributed by atoms with Crippen molar-refractivity contribution in [1.82, 2.24) is 9.88 Å². The first-order valence-corrected chi connectivity index (χ1v) is 14.3. The smallest absolute Gasteiger partial charge is 0.288 e. The lowest BCUT2D eigenvalue weighted by molar-refractivity contribution is -0.384. The quantitative estimate of drug-likeness (QED) is 0.108. The van der Waals surface area contributed by atoms with Crippen LogP contribution in [0, 0.1) is 10.1 Å². The molecule has 3 amide bonds. The summed E-state index contributed by atoms with van der Waals surface area (Å²) in [5.74, 6) is -1.04. The molecule has 214 valence electrons. The molecule has 3 aromatic carbocycles. The van der Waals surface area contributed by atoms with E-state index in [0.717, 1.165) is 42.2 Å². The van der Waals surface area contributed by atoms with Crippen LogP contribution >= 0.6 is 11.6 Å².